The van der Waals surface area contributed by atoms with Crippen molar-refractivity contribution in [2.75, 3.05) is 12.0 Å². The second-order valence-corrected chi connectivity index (χ2v) is 3.95. The highest BCUT2D eigenvalue weighted by Gasteiger charge is 2.10. The second-order valence-electron chi connectivity index (χ2n) is 3.13. The van der Waals surface area contributed by atoms with Crippen molar-refractivity contribution in [1.29, 1.82) is 0 Å². The number of halogens is 1. The van der Waals surface area contributed by atoms with Gasteiger partial charge in [-0.25, -0.2) is 4.39 Å². The lowest BCUT2D eigenvalue weighted by Gasteiger charge is -2.09. The topological polar surface area (TPSA) is 64.4 Å². The normalized spacial score (nSPS) is 13.9. The summed E-state index contributed by atoms with van der Waals surface area (Å²) in [6.07, 6.45) is 1.82. The van der Waals surface area contributed by atoms with Crippen LogP contribution in [0.3, 0.4) is 0 Å². The number of rotatable bonds is 2. The van der Waals surface area contributed by atoms with Crippen molar-refractivity contribution < 1.29 is 4.39 Å². The number of benzene rings is 1. The van der Waals surface area contributed by atoms with Crippen LogP contribution in [0.1, 0.15) is 18.5 Å². The van der Waals surface area contributed by atoms with Crippen molar-refractivity contribution in [2.24, 2.45) is 10.7 Å². The average molecular weight is 227 g/mol. The molecule has 0 heterocycles. The van der Waals surface area contributed by atoms with Crippen LogP contribution in [0, 0.1) is 5.82 Å². The number of hydrogen-bond acceptors (Lipinski definition) is 3. The highest BCUT2D eigenvalue weighted by Crippen LogP contribution is 2.23. The van der Waals surface area contributed by atoms with Crippen LogP contribution in [-0.2, 0) is 0 Å². The van der Waals surface area contributed by atoms with Crippen LogP contribution < -0.4 is 11.5 Å². The predicted octanol–water partition coefficient (Wildman–Crippen LogP) is 2.15. The van der Waals surface area contributed by atoms with Gasteiger partial charge in [-0.3, -0.25) is 4.99 Å². The van der Waals surface area contributed by atoms with Crippen molar-refractivity contribution in [3.8, 4) is 0 Å². The van der Waals surface area contributed by atoms with Crippen LogP contribution in [0.15, 0.2) is 23.2 Å². The summed E-state index contributed by atoms with van der Waals surface area (Å²) >= 11 is 1.33. The number of hydrogen-bond donors (Lipinski definition) is 2. The predicted molar refractivity (Wildman–Crippen MR) is 64.4 cm³/mol. The molecular weight excluding hydrogens is 213 g/mol. The van der Waals surface area contributed by atoms with Gasteiger partial charge in [-0.05, 0) is 31.4 Å². The third-order valence-corrected chi connectivity index (χ3v) is 2.52. The summed E-state index contributed by atoms with van der Waals surface area (Å²) in [5.41, 5.74) is 12.1. The zero-order valence-electron chi connectivity index (χ0n) is 8.70. The van der Waals surface area contributed by atoms with Crippen LogP contribution in [-0.4, -0.2) is 11.4 Å². The largest absolute Gasteiger partial charge is 0.399 e. The summed E-state index contributed by atoms with van der Waals surface area (Å²) in [5.74, 6) is -0.311. The van der Waals surface area contributed by atoms with Crippen molar-refractivity contribution in [3.63, 3.8) is 0 Å². The second kappa shape index (κ2) is 5.02. The number of thioether (sulfide) groups is 1. The average Bonchev–Trinajstić information content (AvgIpc) is 2.21. The summed E-state index contributed by atoms with van der Waals surface area (Å²) in [6.45, 7) is 1.78. The van der Waals surface area contributed by atoms with Gasteiger partial charge in [-0.2, -0.15) is 0 Å². The van der Waals surface area contributed by atoms with E-state index < -0.39 is 0 Å². The maximum Gasteiger partial charge on any atom is 0.154 e. The number of aliphatic imine (C=N–C) groups is 1. The Kier molecular flexibility index (Phi) is 3.96. The molecule has 0 aromatic heterocycles. The summed E-state index contributed by atoms with van der Waals surface area (Å²) in [5, 5.41) is 0.435. The Morgan fingerprint density at radius 2 is 2.20 bits per heavy atom. The molecule has 0 aliphatic rings. The molecule has 1 rings (SSSR count). The van der Waals surface area contributed by atoms with Gasteiger partial charge in [0.2, 0.25) is 0 Å². The minimum absolute atomic E-state index is 0.311. The summed E-state index contributed by atoms with van der Waals surface area (Å²) < 4.78 is 13.4. The van der Waals surface area contributed by atoms with Gasteiger partial charge in [0.1, 0.15) is 5.82 Å². The van der Waals surface area contributed by atoms with E-state index in [9.17, 15) is 4.39 Å². The van der Waals surface area contributed by atoms with Crippen molar-refractivity contribution >= 4 is 22.6 Å². The van der Waals surface area contributed by atoms with Crippen molar-refractivity contribution in [2.45, 2.75) is 13.0 Å². The van der Waals surface area contributed by atoms with Crippen LogP contribution in [0.2, 0.25) is 0 Å². The Hall–Kier alpha value is -1.23. The van der Waals surface area contributed by atoms with Gasteiger partial charge >= 0.3 is 0 Å². The van der Waals surface area contributed by atoms with E-state index in [-0.39, 0.29) is 11.9 Å². The molecule has 3 nitrogen and oxygen atoms in total. The first-order valence-corrected chi connectivity index (χ1v) is 5.69. The van der Waals surface area contributed by atoms with E-state index in [2.05, 4.69) is 4.99 Å². The first kappa shape index (κ1) is 11.8. The van der Waals surface area contributed by atoms with E-state index in [4.69, 9.17) is 11.5 Å². The lowest BCUT2D eigenvalue weighted by atomic mass is 10.1. The summed E-state index contributed by atoms with van der Waals surface area (Å²) in [4.78, 5) is 4.13. The highest BCUT2D eigenvalue weighted by molar-refractivity contribution is 8.13. The van der Waals surface area contributed by atoms with Gasteiger partial charge in [0, 0.05) is 11.3 Å². The smallest absolute Gasteiger partial charge is 0.154 e. The molecule has 0 aliphatic carbocycles. The minimum Gasteiger partial charge on any atom is -0.399 e. The molecule has 0 spiro atoms. The maximum atomic E-state index is 13.4. The molecular formula is C10H14FN3S. The Balaban J connectivity index is 3.00. The number of nitrogens with zero attached hydrogens (tertiary/aromatic N) is 1. The zero-order valence-corrected chi connectivity index (χ0v) is 9.51. The third-order valence-electron chi connectivity index (χ3n) is 2.00. The monoisotopic (exact) mass is 227 g/mol. The van der Waals surface area contributed by atoms with E-state index in [1.54, 1.807) is 13.0 Å². The lowest BCUT2D eigenvalue weighted by Crippen LogP contribution is -2.08. The Morgan fingerprint density at radius 1 is 1.53 bits per heavy atom. The summed E-state index contributed by atoms with van der Waals surface area (Å²) in [6, 6.07) is 4.12. The molecule has 4 N–H and O–H groups in total. The molecule has 5 heteroatoms. The molecule has 0 amide bonds. The highest BCUT2D eigenvalue weighted by atomic mass is 32.2. The fourth-order valence-corrected chi connectivity index (χ4v) is 1.46. The van der Waals surface area contributed by atoms with Crippen LogP contribution in [0.25, 0.3) is 0 Å². The van der Waals surface area contributed by atoms with Gasteiger partial charge in [0.25, 0.3) is 0 Å². The molecule has 0 saturated heterocycles. The molecule has 15 heavy (non-hydrogen) atoms. The SMILES string of the molecule is CSC(N)=NC(C)c1cc(N)ccc1F. The minimum atomic E-state index is -0.319. The van der Waals surface area contributed by atoms with Crippen LogP contribution >= 0.6 is 11.8 Å². The van der Waals surface area contributed by atoms with E-state index in [1.807, 2.05) is 6.26 Å². The standard InChI is InChI=1S/C10H14FN3S/c1-6(14-10(13)15-2)8-5-7(12)3-4-9(8)11/h3-6H,12H2,1-2H3,(H2,13,14). The molecule has 0 fully saturated rings. The van der Waals surface area contributed by atoms with Gasteiger partial charge in [-0.15, -0.1) is 0 Å². The molecule has 1 aromatic rings. The molecule has 1 aromatic carbocycles. The number of amidine groups is 1. The zero-order chi connectivity index (χ0) is 11.4. The van der Waals surface area contributed by atoms with Gasteiger partial charge in [0.15, 0.2) is 5.17 Å². The van der Waals surface area contributed by atoms with E-state index in [0.29, 0.717) is 16.4 Å². The number of nitrogen functional groups attached to an aromatic ring is 1. The molecule has 82 valence electrons. The summed E-state index contributed by atoms with van der Waals surface area (Å²) in [7, 11) is 0. The van der Waals surface area contributed by atoms with Crippen molar-refractivity contribution in [3.05, 3.63) is 29.6 Å². The Bertz CT molecular complexity index is 379. The van der Waals surface area contributed by atoms with Gasteiger partial charge in [-0.1, -0.05) is 11.8 Å². The van der Waals surface area contributed by atoms with E-state index in [0.717, 1.165) is 0 Å². The van der Waals surface area contributed by atoms with Crippen molar-refractivity contribution in [1.82, 2.24) is 0 Å². The molecule has 0 radical (unpaired) electrons. The van der Waals surface area contributed by atoms with Crippen LogP contribution in [0.5, 0.6) is 0 Å². The quantitative estimate of drug-likeness (QED) is 0.462. The van der Waals surface area contributed by atoms with E-state index in [1.165, 1.54) is 23.9 Å². The fraction of sp³-hybridized carbons (Fsp3) is 0.300. The first-order chi connectivity index (χ1) is 7.04. The van der Waals surface area contributed by atoms with Gasteiger partial charge < -0.3 is 11.5 Å². The van der Waals surface area contributed by atoms with E-state index >= 15 is 0 Å². The fourth-order valence-electron chi connectivity index (χ4n) is 1.20. The Morgan fingerprint density at radius 3 is 2.80 bits per heavy atom. The molecule has 0 aliphatic heterocycles. The molecule has 0 saturated carbocycles. The molecule has 0 bridgehead atoms. The van der Waals surface area contributed by atoms with Gasteiger partial charge in [0.05, 0.1) is 6.04 Å². The molecule has 1 atom stereocenters. The third kappa shape index (κ3) is 3.13. The number of nitrogens with two attached hydrogens (primary N) is 2. The molecule has 1 unspecified atom stereocenters. The number of anilines is 1. The lowest BCUT2D eigenvalue weighted by molar-refractivity contribution is 0.595. The van der Waals surface area contributed by atoms with Crippen LogP contribution in [0.4, 0.5) is 10.1 Å². The maximum absolute atomic E-state index is 13.4. The Labute approximate surface area is 92.8 Å². The first-order valence-electron chi connectivity index (χ1n) is 4.46.